The van der Waals surface area contributed by atoms with Gasteiger partial charge in [0.25, 0.3) is 0 Å². The van der Waals surface area contributed by atoms with Gasteiger partial charge >= 0.3 is 0 Å². The number of nitrogens with one attached hydrogen (secondary N) is 1. The van der Waals surface area contributed by atoms with E-state index in [1.165, 1.54) is 0 Å². The van der Waals surface area contributed by atoms with Crippen LogP contribution in [-0.4, -0.2) is 62.6 Å². The van der Waals surface area contributed by atoms with Gasteiger partial charge in [-0.1, -0.05) is 17.7 Å². The van der Waals surface area contributed by atoms with Crippen LogP contribution in [0.1, 0.15) is 5.56 Å². The summed E-state index contributed by atoms with van der Waals surface area (Å²) in [4.78, 5) is 16.1. The van der Waals surface area contributed by atoms with Gasteiger partial charge in [0.2, 0.25) is 5.91 Å². The van der Waals surface area contributed by atoms with Crippen LogP contribution >= 0.6 is 11.6 Å². The van der Waals surface area contributed by atoms with Crippen LogP contribution in [0, 0.1) is 0 Å². The number of hydrogen-bond acceptors (Lipinski definition) is 4. The first-order valence-electron chi connectivity index (χ1n) is 7.01. The minimum absolute atomic E-state index is 0.127. The molecule has 1 unspecified atom stereocenters. The van der Waals surface area contributed by atoms with Crippen LogP contribution in [0.4, 0.5) is 0 Å². The molecule has 1 heterocycles. The molecule has 1 aromatic rings. The number of likely N-dealkylation sites (N-methyl/N-ethyl adjacent to an activating group) is 1. The van der Waals surface area contributed by atoms with Crippen LogP contribution in [0.3, 0.4) is 0 Å². The van der Waals surface area contributed by atoms with Gasteiger partial charge in [0.15, 0.2) is 0 Å². The largest absolute Gasteiger partial charge is 0.495 e. The Labute approximate surface area is 130 Å². The number of piperazine rings is 1. The number of methoxy groups -OCH3 is 1. The number of benzene rings is 1. The molecule has 0 saturated carbocycles. The van der Waals surface area contributed by atoms with E-state index >= 15 is 0 Å². The molecule has 0 radical (unpaired) electrons. The number of halogens is 1. The molecular formula is C15H22ClN3O2. The first kappa shape index (κ1) is 16.1. The molecule has 1 atom stereocenters. The number of nitrogens with zero attached hydrogens (tertiary/aromatic N) is 2. The molecule has 1 N–H and O–H groups in total. The smallest absolute Gasteiger partial charge is 0.240 e. The van der Waals surface area contributed by atoms with E-state index in [0.29, 0.717) is 23.9 Å². The zero-order chi connectivity index (χ0) is 15.4. The van der Waals surface area contributed by atoms with E-state index in [0.717, 1.165) is 18.7 Å². The lowest BCUT2D eigenvalue weighted by molar-refractivity contribution is -0.135. The van der Waals surface area contributed by atoms with E-state index < -0.39 is 0 Å². The second-order valence-electron chi connectivity index (χ2n) is 5.39. The quantitative estimate of drug-likeness (QED) is 0.908. The molecule has 1 aliphatic heterocycles. The van der Waals surface area contributed by atoms with Crippen LogP contribution in [0.25, 0.3) is 0 Å². The van der Waals surface area contributed by atoms with E-state index in [2.05, 4.69) is 10.2 Å². The molecule has 116 valence electrons. The fourth-order valence-corrected chi connectivity index (χ4v) is 2.80. The summed E-state index contributed by atoms with van der Waals surface area (Å²) < 4.78 is 5.16. The Morgan fingerprint density at radius 1 is 1.52 bits per heavy atom. The van der Waals surface area contributed by atoms with Gasteiger partial charge in [-0.25, -0.2) is 0 Å². The summed E-state index contributed by atoms with van der Waals surface area (Å²) in [6.45, 7) is 3.12. The Morgan fingerprint density at radius 3 is 2.90 bits per heavy atom. The maximum Gasteiger partial charge on any atom is 0.240 e. The number of carbonyl (C=O) groups is 1. The van der Waals surface area contributed by atoms with Crippen molar-refractivity contribution in [3.8, 4) is 5.75 Å². The highest BCUT2D eigenvalue weighted by molar-refractivity contribution is 6.32. The van der Waals surface area contributed by atoms with Crippen LogP contribution in [-0.2, 0) is 11.3 Å². The van der Waals surface area contributed by atoms with Gasteiger partial charge in [0, 0.05) is 40.3 Å². The molecule has 0 aromatic heterocycles. The lowest BCUT2D eigenvalue weighted by atomic mass is 10.1. The normalized spacial score (nSPS) is 19.3. The van der Waals surface area contributed by atoms with Gasteiger partial charge in [0.05, 0.1) is 12.1 Å². The first-order valence-corrected chi connectivity index (χ1v) is 7.39. The maximum atomic E-state index is 12.3. The number of ether oxygens (including phenoxy) is 1. The monoisotopic (exact) mass is 311 g/mol. The molecular weight excluding hydrogens is 290 g/mol. The van der Waals surface area contributed by atoms with Crippen molar-refractivity contribution in [1.82, 2.24) is 15.1 Å². The average Bonchev–Trinajstić information content (AvgIpc) is 2.47. The summed E-state index contributed by atoms with van der Waals surface area (Å²) >= 11 is 6.17. The molecule has 1 fully saturated rings. The predicted molar refractivity (Wildman–Crippen MR) is 83.8 cm³/mol. The highest BCUT2D eigenvalue weighted by atomic mass is 35.5. The van der Waals surface area contributed by atoms with Crippen molar-refractivity contribution < 1.29 is 9.53 Å². The lowest BCUT2D eigenvalue weighted by Gasteiger charge is -2.36. The van der Waals surface area contributed by atoms with Gasteiger partial charge in [0.1, 0.15) is 11.8 Å². The molecule has 2 rings (SSSR count). The zero-order valence-electron chi connectivity index (χ0n) is 12.7. The minimum atomic E-state index is -0.130. The van der Waals surface area contributed by atoms with Crippen LogP contribution < -0.4 is 10.1 Å². The highest BCUT2D eigenvalue weighted by Gasteiger charge is 2.29. The predicted octanol–water partition coefficient (Wildman–Crippen LogP) is 1.21. The second kappa shape index (κ2) is 7.11. The van der Waals surface area contributed by atoms with Crippen LogP contribution in [0.5, 0.6) is 5.75 Å². The molecule has 0 spiro atoms. The molecule has 1 aromatic carbocycles. The molecule has 0 bridgehead atoms. The van der Waals surface area contributed by atoms with Crippen molar-refractivity contribution in [2.24, 2.45) is 0 Å². The standard InChI is InChI=1S/C15H22ClN3O2/c1-18(2)15(20)13-9-17-6-7-19(13)10-11-4-5-14(21-3)12(16)8-11/h4-5,8,13,17H,6-7,9-10H2,1-3H3. The molecule has 1 amide bonds. The first-order chi connectivity index (χ1) is 10.0. The van der Waals surface area contributed by atoms with E-state index in [9.17, 15) is 4.79 Å². The zero-order valence-corrected chi connectivity index (χ0v) is 13.5. The molecule has 6 heteroatoms. The van der Waals surface area contributed by atoms with Gasteiger partial charge < -0.3 is 15.0 Å². The van der Waals surface area contributed by atoms with Crippen molar-refractivity contribution in [3.63, 3.8) is 0 Å². The Bertz CT molecular complexity index is 508. The fourth-order valence-electron chi connectivity index (χ4n) is 2.52. The van der Waals surface area contributed by atoms with Crippen molar-refractivity contribution in [2.75, 3.05) is 40.8 Å². The van der Waals surface area contributed by atoms with Crippen LogP contribution in [0.15, 0.2) is 18.2 Å². The van der Waals surface area contributed by atoms with Crippen molar-refractivity contribution in [1.29, 1.82) is 0 Å². The maximum absolute atomic E-state index is 12.3. The van der Waals surface area contributed by atoms with Gasteiger partial charge in [-0.2, -0.15) is 0 Å². The molecule has 0 aliphatic carbocycles. The number of amides is 1. The Kier molecular flexibility index (Phi) is 5.45. The summed E-state index contributed by atoms with van der Waals surface area (Å²) in [7, 11) is 5.18. The summed E-state index contributed by atoms with van der Waals surface area (Å²) in [5.74, 6) is 0.795. The third kappa shape index (κ3) is 3.87. The van der Waals surface area contributed by atoms with E-state index in [-0.39, 0.29) is 11.9 Å². The van der Waals surface area contributed by atoms with Gasteiger partial charge in [-0.15, -0.1) is 0 Å². The number of hydrogen-bond donors (Lipinski definition) is 1. The second-order valence-corrected chi connectivity index (χ2v) is 5.80. The van der Waals surface area contributed by atoms with Crippen molar-refractivity contribution in [3.05, 3.63) is 28.8 Å². The molecule has 1 saturated heterocycles. The minimum Gasteiger partial charge on any atom is -0.495 e. The van der Waals surface area contributed by atoms with Crippen LogP contribution in [0.2, 0.25) is 5.02 Å². The average molecular weight is 312 g/mol. The molecule has 1 aliphatic rings. The molecule has 5 nitrogen and oxygen atoms in total. The van der Waals surface area contributed by atoms with Crippen molar-refractivity contribution >= 4 is 17.5 Å². The number of rotatable bonds is 4. The van der Waals surface area contributed by atoms with E-state index in [4.69, 9.17) is 16.3 Å². The third-order valence-corrected chi connectivity index (χ3v) is 3.98. The SMILES string of the molecule is COc1ccc(CN2CCNCC2C(=O)N(C)C)cc1Cl. The topological polar surface area (TPSA) is 44.8 Å². The Morgan fingerprint density at radius 2 is 2.29 bits per heavy atom. The summed E-state index contributed by atoms with van der Waals surface area (Å²) in [6, 6.07) is 5.63. The molecule has 21 heavy (non-hydrogen) atoms. The Hall–Kier alpha value is -1.30. The van der Waals surface area contributed by atoms with E-state index in [1.54, 1.807) is 26.1 Å². The summed E-state index contributed by atoms with van der Waals surface area (Å²) in [5.41, 5.74) is 1.08. The highest BCUT2D eigenvalue weighted by Crippen LogP contribution is 2.26. The fraction of sp³-hybridized carbons (Fsp3) is 0.533. The summed E-state index contributed by atoms with van der Waals surface area (Å²) in [5, 5.41) is 3.88. The van der Waals surface area contributed by atoms with E-state index in [1.807, 2.05) is 18.2 Å². The third-order valence-electron chi connectivity index (χ3n) is 3.68. The van der Waals surface area contributed by atoms with Gasteiger partial charge in [-0.3, -0.25) is 9.69 Å². The van der Waals surface area contributed by atoms with Gasteiger partial charge in [-0.05, 0) is 17.7 Å². The lowest BCUT2D eigenvalue weighted by Crippen LogP contribution is -2.57. The van der Waals surface area contributed by atoms with Crippen molar-refractivity contribution in [2.45, 2.75) is 12.6 Å². The number of carbonyl (C=O) groups excluding carboxylic acids is 1. The summed E-state index contributed by atoms with van der Waals surface area (Å²) in [6.07, 6.45) is 0. The Balaban J connectivity index is 2.12.